The number of aromatic nitrogens is 2. The number of fused-ring (bicyclic) bond motifs is 1. The average Bonchev–Trinajstić information content (AvgIpc) is 3.50. The molecule has 0 radical (unpaired) electrons. The highest BCUT2D eigenvalue weighted by Gasteiger charge is 2.46. The number of pyridine rings is 1. The lowest BCUT2D eigenvalue weighted by Gasteiger charge is -2.41. The Bertz CT molecular complexity index is 1490. The summed E-state index contributed by atoms with van der Waals surface area (Å²) in [7, 11) is 5.78. The number of methoxy groups -OCH3 is 1. The third kappa shape index (κ3) is 4.93. The van der Waals surface area contributed by atoms with Gasteiger partial charge in [0, 0.05) is 41.4 Å². The van der Waals surface area contributed by atoms with Crippen LogP contribution in [0.1, 0.15) is 29.0 Å². The summed E-state index contributed by atoms with van der Waals surface area (Å²) < 4.78 is 5.87. The molecular formula is C31H32N4O2S. The molecule has 0 saturated carbocycles. The van der Waals surface area contributed by atoms with E-state index in [1.165, 1.54) is 0 Å². The molecule has 2 N–H and O–H groups in total. The molecule has 38 heavy (non-hydrogen) atoms. The van der Waals surface area contributed by atoms with Crippen LogP contribution in [0.15, 0.2) is 96.6 Å². The van der Waals surface area contributed by atoms with E-state index in [0.717, 1.165) is 44.6 Å². The van der Waals surface area contributed by atoms with Crippen LogP contribution in [0.4, 0.5) is 0 Å². The maximum absolute atomic E-state index is 6.43. The number of hydrogen-bond donors (Lipinski definition) is 1. The van der Waals surface area contributed by atoms with Gasteiger partial charge in [0.05, 0.1) is 7.11 Å². The Labute approximate surface area is 227 Å². The summed E-state index contributed by atoms with van der Waals surface area (Å²) in [5.74, 6) is 6.63. The highest BCUT2D eigenvalue weighted by molar-refractivity contribution is 7.13. The lowest BCUT2D eigenvalue weighted by Crippen LogP contribution is -2.42. The first kappa shape index (κ1) is 26.0. The van der Waals surface area contributed by atoms with E-state index in [1.54, 1.807) is 24.6 Å². The third-order valence-electron chi connectivity index (χ3n) is 7.05. The van der Waals surface area contributed by atoms with Gasteiger partial charge in [-0.1, -0.05) is 72.8 Å². The van der Waals surface area contributed by atoms with Gasteiger partial charge in [-0.3, -0.25) is 4.84 Å². The fraction of sp³-hybridized carbons (Fsp3) is 0.226. The van der Waals surface area contributed by atoms with Gasteiger partial charge in [-0.25, -0.2) is 15.9 Å². The van der Waals surface area contributed by atoms with Crippen molar-refractivity contribution in [2.45, 2.75) is 17.9 Å². The fourth-order valence-corrected chi connectivity index (χ4v) is 5.90. The highest BCUT2D eigenvalue weighted by Crippen LogP contribution is 2.50. The molecule has 0 amide bonds. The molecule has 0 bridgehead atoms. The van der Waals surface area contributed by atoms with Gasteiger partial charge in [-0.2, -0.15) is 0 Å². The summed E-state index contributed by atoms with van der Waals surface area (Å²) in [4.78, 5) is 17.7. The second-order valence-electron chi connectivity index (χ2n) is 9.59. The summed E-state index contributed by atoms with van der Waals surface area (Å²) >= 11 is 1.58. The second kappa shape index (κ2) is 11.4. The highest BCUT2D eigenvalue weighted by atomic mass is 32.1. The largest absolute Gasteiger partial charge is 0.481 e. The van der Waals surface area contributed by atoms with Gasteiger partial charge in [0.15, 0.2) is 0 Å². The van der Waals surface area contributed by atoms with Crippen molar-refractivity contribution in [1.82, 2.24) is 14.9 Å². The Kier molecular flexibility index (Phi) is 7.81. The molecule has 0 aliphatic carbocycles. The van der Waals surface area contributed by atoms with E-state index in [1.807, 2.05) is 29.8 Å². The minimum absolute atomic E-state index is 0.332. The van der Waals surface area contributed by atoms with Crippen molar-refractivity contribution >= 4 is 22.1 Å². The Morgan fingerprint density at radius 1 is 0.974 bits per heavy atom. The molecule has 194 valence electrons. The Balaban J connectivity index is 1.84. The molecule has 7 heteroatoms. The van der Waals surface area contributed by atoms with Crippen molar-refractivity contribution in [3.63, 3.8) is 0 Å². The van der Waals surface area contributed by atoms with Crippen molar-refractivity contribution in [2.24, 2.45) is 5.90 Å². The molecule has 0 saturated heterocycles. The number of ether oxygens (including phenoxy) is 1. The molecule has 0 spiro atoms. The number of benzene rings is 3. The van der Waals surface area contributed by atoms with Crippen LogP contribution >= 0.6 is 11.3 Å². The van der Waals surface area contributed by atoms with Crippen molar-refractivity contribution in [3.05, 3.63) is 113 Å². The minimum Gasteiger partial charge on any atom is -0.481 e. The quantitative estimate of drug-likeness (QED) is 0.218. The third-order valence-corrected chi connectivity index (χ3v) is 7.87. The molecule has 0 aliphatic heterocycles. The predicted molar refractivity (Wildman–Crippen MR) is 154 cm³/mol. The predicted octanol–water partition coefficient (Wildman–Crippen LogP) is 6.24. The summed E-state index contributed by atoms with van der Waals surface area (Å²) in [6, 6.07) is 27.2. The van der Waals surface area contributed by atoms with Gasteiger partial charge < -0.3 is 9.64 Å². The first-order valence-electron chi connectivity index (χ1n) is 12.6. The van der Waals surface area contributed by atoms with E-state index >= 15 is 0 Å². The molecule has 2 heterocycles. The van der Waals surface area contributed by atoms with Crippen LogP contribution in [-0.2, 0) is 10.4 Å². The van der Waals surface area contributed by atoms with Crippen molar-refractivity contribution in [2.75, 3.05) is 27.7 Å². The number of nitrogens with zero attached hydrogens (tertiary/aromatic N) is 3. The zero-order valence-electron chi connectivity index (χ0n) is 21.9. The summed E-state index contributed by atoms with van der Waals surface area (Å²) in [6.07, 6.45) is 4.25. The first-order chi connectivity index (χ1) is 18.6. The number of hydrogen-bond acceptors (Lipinski definition) is 7. The Hall–Kier alpha value is -3.62. The summed E-state index contributed by atoms with van der Waals surface area (Å²) in [5, 5.41) is 5.09. The van der Waals surface area contributed by atoms with E-state index in [9.17, 15) is 0 Å². The molecule has 5 aromatic rings. The zero-order valence-corrected chi connectivity index (χ0v) is 22.7. The molecule has 6 nitrogen and oxygen atoms in total. The van der Waals surface area contributed by atoms with Gasteiger partial charge in [0.1, 0.15) is 10.6 Å². The lowest BCUT2D eigenvalue weighted by atomic mass is 9.70. The minimum atomic E-state index is -0.942. The lowest BCUT2D eigenvalue weighted by molar-refractivity contribution is -0.0747. The van der Waals surface area contributed by atoms with Crippen molar-refractivity contribution in [3.8, 4) is 16.5 Å². The average molecular weight is 525 g/mol. The van der Waals surface area contributed by atoms with Gasteiger partial charge in [0.2, 0.25) is 5.88 Å². The number of rotatable bonds is 10. The van der Waals surface area contributed by atoms with Gasteiger partial charge in [0.25, 0.3) is 0 Å². The van der Waals surface area contributed by atoms with Crippen LogP contribution in [0.25, 0.3) is 21.3 Å². The summed E-state index contributed by atoms with van der Waals surface area (Å²) in [6.45, 7) is 0.756. The molecule has 2 atom stereocenters. The fourth-order valence-electron chi connectivity index (χ4n) is 5.28. The van der Waals surface area contributed by atoms with E-state index in [2.05, 4.69) is 84.6 Å². The van der Waals surface area contributed by atoms with Crippen molar-refractivity contribution in [1.29, 1.82) is 0 Å². The van der Waals surface area contributed by atoms with Crippen LogP contribution in [-0.4, -0.2) is 42.6 Å². The Morgan fingerprint density at radius 3 is 2.45 bits per heavy atom. The van der Waals surface area contributed by atoms with E-state index in [4.69, 9.17) is 20.5 Å². The maximum atomic E-state index is 6.43. The smallest absolute Gasteiger partial charge is 0.217 e. The zero-order chi connectivity index (χ0) is 26.5. The van der Waals surface area contributed by atoms with Crippen LogP contribution in [0.3, 0.4) is 0 Å². The van der Waals surface area contributed by atoms with Crippen molar-refractivity contribution < 1.29 is 9.57 Å². The van der Waals surface area contributed by atoms with E-state index < -0.39 is 5.60 Å². The maximum Gasteiger partial charge on any atom is 0.217 e. The number of nitrogens with two attached hydrogens (primary N) is 1. The van der Waals surface area contributed by atoms with Gasteiger partial charge >= 0.3 is 0 Å². The number of thiazole rings is 1. The molecule has 3 aromatic carbocycles. The first-order valence-corrected chi connectivity index (χ1v) is 13.4. The molecule has 0 aliphatic rings. The van der Waals surface area contributed by atoms with Crippen LogP contribution in [0.5, 0.6) is 5.88 Å². The topological polar surface area (TPSA) is 73.5 Å². The van der Waals surface area contributed by atoms with Gasteiger partial charge in [-0.05, 0) is 48.5 Å². The SMILES string of the molecule is COc1ncc(-c2nccs2)cc1C(c1ccccc1)C(CCN(C)C)(ON)c1cccc2ccccc12. The molecular weight excluding hydrogens is 492 g/mol. The van der Waals surface area contributed by atoms with Gasteiger partial charge in [-0.15, -0.1) is 11.3 Å². The molecule has 5 rings (SSSR count). The molecule has 2 aromatic heterocycles. The molecule has 2 unspecified atom stereocenters. The monoisotopic (exact) mass is 524 g/mol. The van der Waals surface area contributed by atoms with Crippen LogP contribution < -0.4 is 10.6 Å². The van der Waals surface area contributed by atoms with Crippen LogP contribution in [0, 0.1) is 0 Å². The van der Waals surface area contributed by atoms with E-state index in [0.29, 0.717) is 12.3 Å². The van der Waals surface area contributed by atoms with Crippen LogP contribution in [0.2, 0.25) is 0 Å². The summed E-state index contributed by atoms with van der Waals surface area (Å²) in [5.41, 5.74) is 2.96. The normalized spacial score (nSPS) is 13.9. The molecule has 0 fully saturated rings. The standard InChI is InChI=1S/C31H32N4O2S/c1-35(2)18-16-31(37-32,27-15-9-13-22-10-7-8-14-25(22)27)28(23-11-5-4-6-12-23)26-20-24(21-34-29(26)36-3)30-33-17-19-38-30/h4-15,17,19-21,28H,16,18,32H2,1-3H3. The second-order valence-corrected chi connectivity index (χ2v) is 10.5. The Morgan fingerprint density at radius 2 is 1.74 bits per heavy atom. The van der Waals surface area contributed by atoms with E-state index in [-0.39, 0.29) is 5.92 Å².